The summed E-state index contributed by atoms with van der Waals surface area (Å²) in [6, 6.07) is 32.0. The molecule has 0 fully saturated rings. The maximum atomic E-state index is 10.3. The van der Waals surface area contributed by atoms with E-state index >= 15 is 0 Å². The van der Waals surface area contributed by atoms with Crippen molar-refractivity contribution in [1.82, 2.24) is 0 Å². The van der Waals surface area contributed by atoms with Crippen LogP contribution < -0.4 is 0 Å². The molecule has 0 heterocycles. The van der Waals surface area contributed by atoms with E-state index in [2.05, 4.69) is 12.1 Å². The summed E-state index contributed by atoms with van der Waals surface area (Å²) in [4.78, 5) is 0. The minimum atomic E-state index is -0.258. The Labute approximate surface area is 240 Å². The Kier molecular flexibility index (Phi) is 6.45. The van der Waals surface area contributed by atoms with Crippen LogP contribution in [-0.2, 0) is 0 Å². The van der Waals surface area contributed by atoms with Crippen LogP contribution in [0.2, 0.25) is 0 Å². The van der Waals surface area contributed by atoms with E-state index in [1.165, 1.54) is 0 Å². The van der Waals surface area contributed by atoms with Crippen molar-refractivity contribution in [2.24, 2.45) is 0 Å². The zero-order chi connectivity index (χ0) is 30.0. The zero-order valence-corrected chi connectivity index (χ0v) is 21.4. The van der Waals surface area contributed by atoms with Gasteiger partial charge >= 0.3 is 0 Å². The predicted molar refractivity (Wildman–Crippen MR) is 150 cm³/mol. The van der Waals surface area contributed by atoms with Gasteiger partial charge in [-0.15, -0.1) is 0 Å². The van der Waals surface area contributed by atoms with Gasteiger partial charge in [0.05, 0.1) is 34.4 Å². The highest BCUT2D eigenvalue weighted by Crippen LogP contribution is 2.54. The van der Waals surface area contributed by atoms with E-state index in [0.717, 1.165) is 0 Å². The standard InChI is InChI=1S/C34H10N8/c35-11-19-1-5-21(6-2-19)31-29(17-41)25-9-26-28(10-27(25)33(31)23(13-37)14-38)34(24(15-39)16-40)32(30(26)18-42)22-7-3-20(12-36)4-8-22/h1-10H. The third-order valence-electron chi connectivity index (χ3n) is 7.01. The smallest absolute Gasteiger partial charge is 0.138 e. The van der Waals surface area contributed by atoms with Crippen molar-refractivity contribution >= 4 is 33.4 Å². The van der Waals surface area contributed by atoms with E-state index in [4.69, 9.17) is 0 Å². The molecule has 0 bridgehead atoms. The van der Waals surface area contributed by atoms with Gasteiger partial charge in [0.25, 0.3) is 0 Å². The second kappa shape index (κ2) is 10.4. The van der Waals surface area contributed by atoms with Crippen LogP contribution in [0.3, 0.4) is 0 Å². The molecule has 8 heteroatoms. The van der Waals surface area contributed by atoms with Crippen molar-refractivity contribution in [2.45, 2.75) is 0 Å². The van der Waals surface area contributed by atoms with E-state index in [-0.39, 0.29) is 33.4 Å². The van der Waals surface area contributed by atoms with Crippen LogP contribution in [-0.4, -0.2) is 0 Å². The predicted octanol–water partition coefficient (Wildman–Crippen LogP) is 5.93. The molecule has 0 saturated carbocycles. The van der Waals surface area contributed by atoms with Gasteiger partial charge in [-0.2, -0.15) is 42.1 Å². The lowest BCUT2D eigenvalue weighted by Gasteiger charge is -2.11. The van der Waals surface area contributed by atoms with E-state index in [0.29, 0.717) is 55.7 Å². The first-order valence-corrected chi connectivity index (χ1v) is 12.1. The molecule has 0 unspecified atom stereocenters. The maximum Gasteiger partial charge on any atom is 0.138 e. The summed E-state index contributed by atoms with van der Waals surface area (Å²) in [5.74, 6) is 0. The molecule has 3 aromatic rings. The number of allylic oxidation sites excluding steroid dienone is 8. The fourth-order valence-corrected chi connectivity index (χ4v) is 5.24. The van der Waals surface area contributed by atoms with Crippen molar-refractivity contribution in [3.63, 3.8) is 0 Å². The number of rotatable bonds is 2. The van der Waals surface area contributed by atoms with Gasteiger partial charge in [0.2, 0.25) is 0 Å². The molecule has 0 aromatic heterocycles. The van der Waals surface area contributed by atoms with Crippen LogP contribution in [0.5, 0.6) is 0 Å². The summed E-state index contributed by atoms with van der Waals surface area (Å²) in [6.45, 7) is 0. The molecule has 8 nitrogen and oxygen atoms in total. The van der Waals surface area contributed by atoms with Gasteiger partial charge in [-0.05, 0) is 58.7 Å². The summed E-state index contributed by atoms with van der Waals surface area (Å²) >= 11 is 0. The number of fused-ring (bicyclic) bond motifs is 2. The zero-order valence-electron chi connectivity index (χ0n) is 21.4. The molecule has 0 aliphatic heterocycles. The second-order valence-electron chi connectivity index (χ2n) is 8.99. The normalized spacial score (nSPS) is 12.3. The van der Waals surface area contributed by atoms with Crippen LogP contribution in [0.15, 0.2) is 71.8 Å². The average Bonchev–Trinajstić information content (AvgIpc) is 3.53. The maximum absolute atomic E-state index is 10.3. The van der Waals surface area contributed by atoms with Crippen molar-refractivity contribution in [2.75, 3.05) is 0 Å². The number of nitriles is 8. The second-order valence-corrected chi connectivity index (χ2v) is 8.99. The lowest BCUT2D eigenvalue weighted by atomic mass is 9.89. The van der Waals surface area contributed by atoms with E-state index < -0.39 is 0 Å². The van der Waals surface area contributed by atoms with E-state index in [1.54, 1.807) is 60.7 Å². The molecule has 0 N–H and O–H groups in total. The molecular formula is C34H10N8. The van der Waals surface area contributed by atoms with Crippen LogP contribution in [0.1, 0.15) is 44.5 Å². The Morgan fingerprint density at radius 2 is 0.738 bits per heavy atom. The summed E-state index contributed by atoms with van der Waals surface area (Å²) < 4.78 is 0. The highest BCUT2D eigenvalue weighted by molar-refractivity contribution is 6.29. The van der Waals surface area contributed by atoms with Gasteiger partial charge in [0.1, 0.15) is 47.6 Å². The fraction of sp³-hybridized carbons (Fsp3) is 0. The minimum absolute atomic E-state index is 0.158. The highest BCUT2D eigenvalue weighted by Gasteiger charge is 2.37. The van der Waals surface area contributed by atoms with Crippen LogP contribution >= 0.6 is 0 Å². The summed E-state index contributed by atoms with van der Waals surface area (Å²) in [5, 5.41) is 78.6. The third kappa shape index (κ3) is 3.78. The number of hydrogen-bond acceptors (Lipinski definition) is 8. The van der Waals surface area contributed by atoms with Gasteiger partial charge < -0.3 is 0 Å². The highest BCUT2D eigenvalue weighted by atomic mass is 14.4. The van der Waals surface area contributed by atoms with E-state index in [1.807, 2.05) is 36.4 Å². The molecule has 2 aliphatic rings. The van der Waals surface area contributed by atoms with Crippen molar-refractivity contribution in [3.05, 3.63) is 116 Å². The van der Waals surface area contributed by atoms with Gasteiger partial charge in [0.15, 0.2) is 0 Å². The summed E-state index contributed by atoms with van der Waals surface area (Å²) in [7, 11) is 0. The SMILES string of the molecule is N#CC(C#N)=C1C(c2ccc(C#N)cc2)=C(C#N)c2cc3c(cc21)C(=C(C#N)C#N)C(c1ccc(C#N)cc1)=C3C#N. The Morgan fingerprint density at radius 1 is 0.405 bits per heavy atom. The van der Waals surface area contributed by atoms with Gasteiger partial charge in [-0.25, -0.2) is 0 Å². The molecule has 3 aromatic carbocycles. The van der Waals surface area contributed by atoms with Gasteiger partial charge in [-0.1, -0.05) is 24.3 Å². The first kappa shape index (κ1) is 26.2. The lowest BCUT2D eigenvalue weighted by molar-refractivity contribution is 1.45. The lowest BCUT2D eigenvalue weighted by Crippen LogP contribution is -1.95. The molecule has 5 rings (SSSR count). The topological polar surface area (TPSA) is 190 Å². The van der Waals surface area contributed by atoms with Crippen LogP contribution in [0, 0.1) is 90.6 Å². The third-order valence-corrected chi connectivity index (χ3v) is 7.01. The first-order valence-electron chi connectivity index (χ1n) is 12.1. The van der Waals surface area contributed by atoms with Gasteiger partial charge in [-0.3, -0.25) is 0 Å². The minimum Gasteiger partial charge on any atom is -0.192 e. The molecule has 0 atom stereocenters. The number of benzene rings is 3. The molecule has 0 amide bonds. The quantitative estimate of drug-likeness (QED) is 0.364. The molecule has 0 spiro atoms. The van der Waals surface area contributed by atoms with Crippen molar-refractivity contribution in [1.29, 1.82) is 42.1 Å². The van der Waals surface area contributed by atoms with E-state index in [9.17, 15) is 42.1 Å². The Hall–Kier alpha value is -7.46. The molecular weight excluding hydrogens is 520 g/mol. The number of hydrogen-bond donors (Lipinski definition) is 0. The number of nitrogens with zero attached hydrogens (tertiary/aromatic N) is 8. The fourth-order valence-electron chi connectivity index (χ4n) is 5.24. The molecule has 0 radical (unpaired) electrons. The largest absolute Gasteiger partial charge is 0.192 e. The average molecular weight is 531 g/mol. The summed E-state index contributed by atoms with van der Waals surface area (Å²) in [5.41, 5.74) is 4.05. The molecule has 0 saturated heterocycles. The first-order chi connectivity index (χ1) is 20.5. The molecule has 2 aliphatic carbocycles. The Balaban J connectivity index is 1.91. The molecule has 186 valence electrons. The Morgan fingerprint density at radius 3 is 1.02 bits per heavy atom. The van der Waals surface area contributed by atoms with Crippen LogP contribution in [0.25, 0.3) is 33.4 Å². The monoisotopic (exact) mass is 530 g/mol. The van der Waals surface area contributed by atoms with Crippen LogP contribution in [0.4, 0.5) is 0 Å². The van der Waals surface area contributed by atoms with Crippen molar-refractivity contribution < 1.29 is 0 Å². The van der Waals surface area contributed by atoms with Gasteiger partial charge in [0, 0.05) is 33.4 Å². The molecule has 42 heavy (non-hydrogen) atoms. The summed E-state index contributed by atoms with van der Waals surface area (Å²) in [6.07, 6.45) is 0. The Bertz CT molecular complexity index is 2040. The van der Waals surface area contributed by atoms with Crippen molar-refractivity contribution in [3.8, 4) is 48.6 Å².